The Balaban J connectivity index is 1.15. The first kappa shape index (κ1) is 29.4. The SMILES string of the molecule is CC1=C(C(=O)O)C(c2cccc(NC(=O)NCCCN3C=CC(c4cccc5ccccc45)CC3)c2)C(C(=O)O)=C(C)N1. The van der Waals surface area contributed by atoms with Crippen molar-refractivity contribution in [2.24, 2.45) is 0 Å². The molecule has 1 atom stereocenters. The summed E-state index contributed by atoms with van der Waals surface area (Å²) >= 11 is 0. The summed E-state index contributed by atoms with van der Waals surface area (Å²) in [7, 11) is 0. The zero-order valence-electron chi connectivity index (χ0n) is 24.3. The van der Waals surface area contributed by atoms with E-state index < -0.39 is 17.9 Å². The predicted molar refractivity (Wildman–Crippen MR) is 167 cm³/mol. The van der Waals surface area contributed by atoms with Crippen LogP contribution in [0.4, 0.5) is 10.5 Å². The molecular formula is C34H36N4O5. The number of carboxylic acid groups (broad SMARTS) is 2. The Kier molecular flexibility index (Phi) is 8.80. The first-order valence-corrected chi connectivity index (χ1v) is 14.4. The summed E-state index contributed by atoms with van der Waals surface area (Å²) in [6.45, 7) is 5.46. The number of carbonyl (C=O) groups excluding carboxylic acids is 1. The highest BCUT2D eigenvalue weighted by molar-refractivity contribution is 5.98. The van der Waals surface area contributed by atoms with Crippen LogP contribution in [0.25, 0.3) is 10.8 Å². The van der Waals surface area contributed by atoms with Gasteiger partial charge in [0.1, 0.15) is 0 Å². The van der Waals surface area contributed by atoms with Gasteiger partial charge in [0.15, 0.2) is 0 Å². The van der Waals surface area contributed by atoms with Crippen LogP contribution in [0.15, 0.2) is 102 Å². The summed E-state index contributed by atoms with van der Waals surface area (Å²) in [4.78, 5) is 39.1. The molecule has 222 valence electrons. The molecule has 1 unspecified atom stereocenters. The van der Waals surface area contributed by atoms with Gasteiger partial charge in [-0.2, -0.15) is 0 Å². The monoisotopic (exact) mass is 580 g/mol. The number of nitrogens with zero attached hydrogens (tertiary/aromatic N) is 1. The number of aliphatic carboxylic acids is 2. The molecule has 43 heavy (non-hydrogen) atoms. The van der Waals surface area contributed by atoms with Crippen LogP contribution in [-0.2, 0) is 9.59 Å². The molecule has 0 spiro atoms. The van der Waals surface area contributed by atoms with Gasteiger partial charge in [-0.15, -0.1) is 0 Å². The second-order valence-electron chi connectivity index (χ2n) is 10.9. The van der Waals surface area contributed by atoms with Crippen LogP contribution in [0, 0.1) is 0 Å². The van der Waals surface area contributed by atoms with Crippen molar-refractivity contribution in [3.05, 3.63) is 113 Å². The molecule has 2 aliphatic rings. The number of urea groups is 1. The van der Waals surface area contributed by atoms with Gasteiger partial charge in [-0.25, -0.2) is 14.4 Å². The molecular weight excluding hydrogens is 544 g/mol. The molecule has 0 aliphatic carbocycles. The minimum absolute atomic E-state index is 0.0418. The van der Waals surface area contributed by atoms with Crippen LogP contribution in [0.2, 0.25) is 0 Å². The van der Waals surface area contributed by atoms with E-state index in [-0.39, 0.29) is 17.2 Å². The fourth-order valence-corrected chi connectivity index (χ4v) is 6.07. The molecule has 0 saturated carbocycles. The Morgan fingerprint density at radius 2 is 1.63 bits per heavy atom. The molecule has 0 fully saturated rings. The van der Waals surface area contributed by atoms with Gasteiger partial charge in [-0.3, -0.25) is 0 Å². The average molecular weight is 581 g/mol. The largest absolute Gasteiger partial charge is 0.478 e. The highest BCUT2D eigenvalue weighted by Gasteiger charge is 2.36. The molecule has 5 rings (SSSR count). The summed E-state index contributed by atoms with van der Waals surface area (Å²) in [6, 6.07) is 21.2. The molecule has 2 heterocycles. The van der Waals surface area contributed by atoms with Gasteiger partial charge in [0.25, 0.3) is 0 Å². The molecule has 0 aromatic heterocycles. The van der Waals surface area contributed by atoms with Crippen molar-refractivity contribution in [3.8, 4) is 0 Å². The van der Waals surface area contributed by atoms with Crippen LogP contribution in [0.1, 0.15) is 49.7 Å². The quantitative estimate of drug-likeness (QED) is 0.204. The number of allylic oxidation sites excluding steroid dienone is 3. The number of fused-ring (bicyclic) bond motifs is 1. The Morgan fingerprint density at radius 1 is 0.930 bits per heavy atom. The van der Waals surface area contributed by atoms with Crippen LogP contribution in [-0.4, -0.2) is 52.7 Å². The van der Waals surface area contributed by atoms with E-state index in [1.54, 1.807) is 38.1 Å². The third kappa shape index (κ3) is 6.56. The molecule has 5 N–H and O–H groups in total. The predicted octanol–water partition coefficient (Wildman–Crippen LogP) is 5.76. The van der Waals surface area contributed by atoms with Crippen molar-refractivity contribution < 1.29 is 24.6 Å². The fraction of sp³-hybridized carbons (Fsp3) is 0.265. The number of carbonyl (C=O) groups is 3. The second kappa shape index (κ2) is 12.9. The zero-order valence-corrected chi connectivity index (χ0v) is 24.3. The summed E-state index contributed by atoms with van der Waals surface area (Å²) in [5.41, 5.74) is 2.93. The molecule has 3 aromatic rings. The molecule has 0 radical (unpaired) electrons. The number of nitrogens with one attached hydrogen (secondary N) is 3. The normalized spacial score (nSPS) is 17.2. The van der Waals surface area contributed by atoms with E-state index in [9.17, 15) is 24.6 Å². The maximum absolute atomic E-state index is 12.6. The van der Waals surface area contributed by atoms with Crippen LogP contribution in [0.5, 0.6) is 0 Å². The Labute approximate surface area is 250 Å². The highest BCUT2D eigenvalue weighted by atomic mass is 16.4. The third-order valence-electron chi connectivity index (χ3n) is 8.09. The fourth-order valence-electron chi connectivity index (χ4n) is 6.07. The first-order valence-electron chi connectivity index (χ1n) is 14.4. The van der Waals surface area contributed by atoms with Gasteiger partial charge in [-0.1, -0.05) is 60.7 Å². The minimum Gasteiger partial charge on any atom is -0.478 e. The van der Waals surface area contributed by atoms with Gasteiger partial charge < -0.3 is 31.1 Å². The van der Waals surface area contributed by atoms with E-state index in [0.717, 1.165) is 25.9 Å². The number of hydrogen-bond acceptors (Lipinski definition) is 5. The summed E-state index contributed by atoms with van der Waals surface area (Å²) in [5, 5.41) is 30.8. The molecule has 0 saturated heterocycles. The third-order valence-corrected chi connectivity index (χ3v) is 8.09. The first-order chi connectivity index (χ1) is 20.7. The molecule has 0 bridgehead atoms. The number of amides is 2. The van der Waals surface area contributed by atoms with Crippen LogP contribution in [0.3, 0.4) is 0 Å². The number of anilines is 1. The lowest BCUT2D eigenvalue weighted by Gasteiger charge is -2.29. The van der Waals surface area contributed by atoms with Crippen molar-refractivity contribution in [2.45, 2.75) is 38.5 Å². The van der Waals surface area contributed by atoms with Gasteiger partial charge >= 0.3 is 18.0 Å². The number of dihydropyridines is 1. The average Bonchev–Trinajstić information content (AvgIpc) is 2.98. The number of benzene rings is 3. The molecule has 9 heteroatoms. The Bertz CT molecular complexity index is 1620. The van der Waals surface area contributed by atoms with E-state index in [1.165, 1.54) is 16.3 Å². The van der Waals surface area contributed by atoms with Gasteiger partial charge in [0, 0.05) is 42.6 Å². The topological polar surface area (TPSA) is 131 Å². The standard InChI is InChI=1S/C34H36N4O5/c1-21-29(32(39)40)31(30(33(41)42)22(2)36-21)25-10-5-11-26(20-25)37-34(43)35-16-7-17-38-18-14-24(15-19-38)28-13-6-9-23-8-3-4-12-27(23)28/h3-6,8-14,18,20,24,31,36H,7,15-17,19H2,1-2H3,(H,39,40)(H,41,42)(H2,35,37,43). The van der Waals surface area contributed by atoms with Gasteiger partial charge in [0.05, 0.1) is 17.1 Å². The van der Waals surface area contributed by atoms with E-state index in [1.807, 2.05) is 0 Å². The second-order valence-corrected chi connectivity index (χ2v) is 10.9. The van der Waals surface area contributed by atoms with Crippen LogP contribution >= 0.6 is 0 Å². The number of carboxylic acids is 2. The smallest absolute Gasteiger partial charge is 0.334 e. The lowest BCUT2D eigenvalue weighted by atomic mass is 9.80. The number of hydrogen-bond donors (Lipinski definition) is 5. The van der Waals surface area contributed by atoms with Crippen molar-refractivity contribution in [1.29, 1.82) is 0 Å². The van der Waals surface area contributed by atoms with E-state index in [4.69, 9.17) is 0 Å². The maximum atomic E-state index is 12.6. The van der Waals surface area contributed by atoms with E-state index >= 15 is 0 Å². The van der Waals surface area contributed by atoms with Crippen molar-refractivity contribution in [3.63, 3.8) is 0 Å². The molecule has 2 amide bonds. The summed E-state index contributed by atoms with van der Waals surface area (Å²) in [5.74, 6) is -3.02. The molecule has 2 aliphatic heterocycles. The molecule has 9 nitrogen and oxygen atoms in total. The summed E-state index contributed by atoms with van der Waals surface area (Å²) in [6.07, 6.45) is 6.22. The molecule has 3 aromatic carbocycles. The Morgan fingerprint density at radius 3 is 2.33 bits per heavy atom. The summed E-state index contributed by atoms with van der Waals surface area (Å²) < 4.78 is 0. The van der Waals surface area contributed by atoms with Crippen molar-refractivity contribution in [1.82, 2.24) is 15.5 Å². The zero-order chi connectivity index (χ0) is 30.5. The lowest BCUT2D eigenvalue weighted by Crippen LogP contribution is -2.32. The Hall–Kier alpha value is -5.05. The van der Waals surface area contributed by atoms with Gasteiger partial charge in [-0.05, 0) is 66.9 Å². The highest BCUT2D eigenvalue weighted by Crippen LogP contribution is 2.39. The van der Waals surface area contributed by atoms with Gasteiger partial charge in [0.2, 0.25) is 0 Å². The minimum atomic E-state index is -1.20. The maximum Gasteiger partial charge on any atom is 0.334 e. The van der Waals surface area contributed by atoms with Crippen molar-refractivity contribution >= 4 is 34.4 Å². The van der Waals surface area contributed by atoms with Crippen molar-refractivity contribution in [2.75, 3.05) is 25.0 Å². The van der Waals surface area contributed by atoms with E-state index in [2.05, 4.69) is 75.6 Å². The van der Waals surface area contributed by atoms with Crippen LogP contribution < -0.4 is 16.0 Å². The lowest BCUT2D eigenvalue weighted by molar-refractivity contribution is -0.133. The van der Waals surface area contributed by atoms with E-state index in [0.29, 0.717) is 35.1 Å². The number of rotatable bonds is 9.